The van der Waals surface area contributed by atoms with Gasteiger partial charge in [-0.15, -0.1) is 0 Å². The van der Waals surface area contributed by atoms with E-state index in [1.165, 1.54) is 4.68 Å². The summed E-state index contributed by atoms with van der Waals surface area (Å²) >= 11 is 3.43. The Balaban J connectivity index is 1.64. The molecule has 0 aliphatic carbocycles. The molecule has 0 saturated heterocycles. The largest absolute Gasteiger partial charge is 0.328 e. The quantitative estimate of drug-likeness (QED) is 0.320. The van der Waals surface area contributed by atoms with Crippen molar-refractivity contribution in [3.63, 3.8) is 0 Å². The molecular weight excluding hydrogens is 496 g/mol. The molecule has 7 nitrogen and oxygen atoms in total. The van der Waals surface area contributed by atoms with Crippen molar-refractivity contribution in [2.45, 2.75) is 20.8 Å². The van der Waals surface area contributed by atoms with Crippen LogP contribution in [0.3, 0.4) is 0 Å². The third-order valence-electron chi connectivity index (χ3n) is 5.44. The lowest BCUT2D eigenvalue weighted by molar-refractivity contribution is -0.133. The van der Waals surface area contributed by atoms with Crippen molar-refractivity contribution in [2.75, 3.05) is 16.1 Å². The fourth-order valence-electron chi connectivity index (χ4n) is 3.66. The number of para-hydroxylation sites is 1. The predicted octanol–water partition coefficient (Wildman–Crippen LogP) is 5.29. The summed E-state index contributed by atoms with van der Waals surface area (Å²) in [6.45, 7) is 5.69. The van der Waals surface area contributed by atoms with Gasteiger partial charge in [-0.05, 0) is 68.3 Å². The van der Waals surface area contributed by atoms with Crippen molar-refractivity contribution >= 4 is 55.9 Å². The first-order chi connectivity index (χ1) is 16.2. The Kier molecular flexibility index (Phi) is 6.51. The Hall–Kier alpha value is -3.91. The van der Waals surface area contributed by atoms with Crippen molar-refractivity contribution < 1.29 is 14.4 Å². The predicted molar refractivity (Wildman–Crippen MR) is 138 cm³/mol. The average Bonchev–Trinajstić information content (AvgIpc) is 3.14. The van der Waals surface area contributed by atoms with E-state index in [1.54, 1.807) is 30.3 Å². The molecule has 3 aromatic carbocycles. The minimum absolute atomic E-state index is 0.184. The lowest BCUT2D eigenvalue weighted by Crippen LogP contribution is -2.36. The van der Waals surface area contributed by atoms with Crippen molar-refractivity contribution in [2.24, 2.45) is 0 Å². The number of hydrogen-bond acceptors (Lipinski definition) is 3. The van der Waals surface area contributed by atoms with E-state index in [1.807, 2.05) is 57.2 Å². The summed E-state index contributed by atoms with van der Waals surface area (Å²) in [7, 11) is 0. The van der Waals surface area contributed by atoms with Crippen LogP contribution in [0, 0.1) is 20.8 Å². The fourth-order valence-corrected chi connectivity index (χ4v) is 4.04. The molecule has 8 heteroatoms. The van der Waals surface area contributed by atoms with Crippen molar-refractivity contribution in [1.29, 1.82) is 0 Å². The van der Waals surface area contributed by atoms with E-state index in [0.717, 1.165) is 26.5 Å². The van der Waals surface area contributed by atoms with Gasteiger partial charge in [-0.3, -0.25) is 19.8 Å². The van der Waals surface area contributed by atoms with Gasteiger partial charge in [-0.2, -0.15) is 0 Å². The van der Waals surface area contributed by atoms with Gasteiger partial charge in [0.15, 0.2) is 0 Å². The molecule has 0 spiro atoms. The van der Waals surface area contributed by atoms with Crippen molar-refractivity contribution in [3.05, 3.63) is 93.6 Å². The maximum Gasteiger partial charge on any atom is 0.328 e. The van der Waals surface area contributed by atoms with Crippen LogP contribution in [0.5, 0.6) is 0 Å². The minimum atomic E-state index is -0.898. The monoisotopic (exact) mass is 518 g/mol. The Bertz CT molecular complexity index is 1440. The summed E-state index contributed by atoms with van der Waals surface area (Å²) in [4.78, 5) is 38.6. The zero-order chi connectivity index (χ0) is 24.4. The van der Waals surface area contributed by atoms with Crippen LogP contribution in [-0.2, 0) is 9.59 Å². The second-order valence-corrected chi connectivity index (χ2v) is 8.97. The number of rotatable bonds is 4. The number of carbonyl (C=O) groups is 3. The zero-order valence-electron chi connectivity index (χ0n) is 18.9. The third kappa shape index (κ3) is 4.87. The van der Waals surface area contributed by atoms with E-state index < -0.39 is 17.7 Å². The number of hydrogen-bond donors (Lipinski definition) is 3. The fraction of sp³-hybridized carbons (Fsp3) is 0.115. The third-order valence-corrected chi connectivity index (χ3v) is 5.93. The van der Waals surface area contributed by atoms with Gasteiger partial charge in [0.05, 0.1) is 5.52 Å². The molecule has 0 aliphatic rings. The van der Waals surface area contributed by atoms with E-state index >= 15 is 0 Å². The second kappa shape index (κ2) is 9.52. The molecule has 0 unspecified atom stereocenters. The highest BCUT2D eigenvalue weighted by atomic mass is 79.9. The van der Waals surface area contributed by atoms with Crippen LogP contribution >= 0.6 is 15.9 Å². The lowest BCUT2D eigenvalue weighted by atomic mass is 10.1. The number of amides is 3. The Morgan fingerprint density at radius 1 is 0.765 bits per heavy atom. The van der Waals surface area contributed by atoms with Gasteiger partial charge < -0.3 is 10.6 Å². The normalized spacial score (nSPS) is 10.7. The number of fused-ring (bicyclic) bond motifs is 1. The Labute approximate surface area is 205 Å². The van der Waals surface area contributed by atoms with Crippen molar-refractivity contribution in [3.8, 4) is 0 Å². The van der Waals surface area contributed by atoms with Crippen LogP contribution < -0.4 is 16.1 Å². The molecule has 1 aromatic heterocycles. The van der Waals surface area contributed by atoms with E-state index in [2.05, 4.69) is 32.0 Å². The van der Waals surface area contributed by atoms with Crippen LogP contribution in [0.2, 0.25) is 0 Å². The maximum absolute atomic E-state index is 13.2. The number of anilines is 2. The molecule has 4 aromatic rings. The first-order valence-corrected chi connectivity index (χ1v) is 11.4. The standard InChI is InChI=1S/C26H23BrN4O3/c1-15-8-10-21(17(3)12-15)29-25(33)26(34)30-31-22-11-9-19(27)13-18(22)14-23(31)24(32)28-20-7-5-4-6-16(20)2/h4-14H,1-3H3,(H,28,32)(H,29,33)(H,30,34). The van der Waals surface area contributed by atoms with Gasteiger partial charge in [0.25, 0.3) is 5.91 Å². The van der Waals surface area contributed by atoms with E-state index in [0.29, 0.717) is 16.9 Å². The first-order valence-electron chi connectivity index (χ1n) is 10.6. The van der Waals surface area contributed by atoms with Gasteiger partial charge in [-0.1, -0.05) is 51.8 Å². The molecule has 3 N–H and O–H groups in total. The van der Waals surface area contributed by atoms with Gasteiger partial charge in [0.1, 0.15) is 5.69 Å². The number of halogens is 1. The second-order valence-electron chi connectivity index (χ2n) is 8.05. The number of nitrogens with one attached hydrogen (secondary N) is 3. The highest BCUT2D eigenvalue weighted by molar-refractivity contribution is 9.10. The van der Waals surface area contributed by atoms with E-state index in [-0.39, 0.29) is 5.69 Å². The zero-order valence-corrected chi connectivity index (χ0v) is 20.5. The molecule has 0 aliphatic heterocycles. The number of aryl methyl sites for hydroxylation is 3. The Morgan fingerprint density at radius 2 is 1.50 bits per heavy atom. The summed E-state index contributed by atoms with van der Waals surface area (Å²) < 4.78 is 2.15. The highest BCUT2D eigenvalue weighted by Gasteiger charge is 2.22. The van der Waals surface area contributed by atoms with Gasteiger partial charge in [-0.25, -0.2) is 4.68 Å². The number of nitrogens with zero attached hydrogens (tertiary/aromatic N) is 1. The minimum Gasteiger partial charge on any atom is -0.320 e. The number of aromatic nitrogens is 1. The van der Waals surface area contributed by atoms with Gasteiger partial charge in [0, 0.05) is 21.2 Å². The molecule has 0 bridgehead atoms. The van der Waals surface area contributed by atoms with E-state index in [4.69, 9.17) is 0 Å². The topological polar surface area (TPSA) is 92.2 Å². The summed E-state index contributed by atoms with van der Waals surface area (Å²) in [5, 5.41) is 6.23. The van der Waals surface area contributed by atoms with Crippen LogP contribution in [0.4, 0.5) is 11.4 Å². The molecular formula is C26H23BrN4O3. The van der Waals surface area contributed by atoms with Gasteiger partial charge in [0.2, 0.25) is 0 Å². The molecule has 3 amide bonds. The van der Waals surface area contributed by atoms with Crippen LogP contribution in [0.1, 0.15) is 27.2 Å². The molecule has 0 saturated carbocycles. The smallest absolute Gasteiger partial charge is 0.320 e. The van der Waals surface area contributed by atoms with Gasteiger partial charge >= 0.3 is 11.8 Å². The molecule has 172 valence electrons. The molecule has 0 atom stereocenters. The molecule has 0 radical (unpaired) electrons. The van der Waals surface area contributed by atoms with Crippen LogP contribution in [0.15, 0.2) is 71.2 Å². The Morgan fingerprint density at radius 3 is 2.24 bits per heavy atom. The lowest BCUT2D eigenvalue weighted by Gasteiger charge is -2.14. The molecule has 1 heterocycles. The molecule has 4 rings (SSSR count). The van der Waals surface area contributed by atoms with E-state index in [9.17, 15) is 14.4 Å². The number of benzene rings is 3. The number of carbonyl (C=O) groups excluding carboxylic acids is 3. The molecule has 0 fully saturated rings. The average molecular weight is 519 g/mol. The highest BCUT2D eigenvalue weighted by Crippen LogP contribution is 2.24. The summed E-state index contributed by atoms with van der Waals surface area (Å²) in [5.41, 5.74) is 7.33. The summed E-state index contributed by atoms with van der Waals surface area (Å²) in [6.07, 6.45) is 0. The van der Waals surface area contributed by atoms with Crippen LogP contribution in [0.25, 0.3) is 10.9 Å². The van der Waals surface area contributed by atoms with Crippen molar-refractivity contribution in [1.82, 2.24) is 4.68 Å². The maximum atomic E-state index is 13.2. The molecule has 34 heavy (non-hydrogen) atoms. The summed E-state index contributed by atoms with van der Waals surface area (Å²) in [6, 6.07) is 20.0. The summed E-state index contributed by atoms with van der Waals surface area (Å²) in [5.74, 6) is -2.15. The SMILES string of the molecule is Cc1ccc(NC(=O)C(=O)Nn2c(C(=O)Nc3ccccc3C)cc3cc(Br)ccc32)c(C)c1. The first kappa shape index (κ1) is 23.3. The van der Waals surface area contributed by atoms with Crippen LogP contribution in [-0.4, -0.2) is 22.4 Å².